The van der Waals surface area contributed by atoms with E-state index in [2.05, 4.69) is 12.6 Å². The summed E-state index contributed by atoms with van der Waals surface area (Å²) in [6.07, 6.45) is 0.404. The number of rotatable bonds is 5. The average Bonchev–Trinajstić information content (AvgIpc) is 2.98. The van der Waals surface area contributed by atoms with Crippen LogP contribution in [0.4, 0.5) is 0 Å². The molecule has 5 nitrogen and oxygen atoms in total. The number of aliphatic carboxylic acids is 1. The molecule has 1 aromatic rings. The summed E-state index contributed by atoms with van der Waals surface area (Å²) in [6.45, 7) is 2.17. The molecule has 0 aromatic heterocycles. The van der Waals surface area contributed by atoms with Gasteiger partial charge in [0.2, 0.25) is 5.91 Å². The van der Waals surface area contributed by atoms with Crippen molar-refractivity contribution in [3.8, 4) is 5.75 Å². The van der Waals surface area contributed by atoms with Crippen LogP contribution in [0.2, 0.25) is 0 Å². The summed E-state index contributed by atoms with van der Waals surface area (Å²) in [5, 5.41) is 9.43. The SMILES string of the molecule is COc1ccccc1C1C[C@@H](C(=O)O)N(C(=O)C(C)CS)C1. The van der Waals surface area contributed by atoms with E-state index in [0.717, 1.165) is 11.3 Å². The average molecular weight is 323 g/mol. The third kappa shape index (κ3) is 3.21. The van der Waals surface area contributed by atoms with Crippen LogP contribution in [0.5, 0.6) is 5.75 Å². The van der Waals surface area contributed by atoms with Gasteiger partial charge in [-0.3, -0.25) is 4.79 Å². The molecule has 2 unspecified atom stereocenters. The number of hydrogen-bond acceptors (Lipinski definition) is 4. The van der Waals surface area contributed by atoms with Crippen LogP contribution in [0.1, 0.15) is 24.8 Å². The maximum atomic E-state index is 12.4. The highest BCUT2D eigenvalue weighted by atomic mass is 32.1. The summed E-state index contributed by atoms with van der Waals surface area (Å²) in [5.41, 5.74) is 0.949. The Morgan fingerprint density at radius 2 is 2.14 bits per heavy atom. The van der Waals surface area contributed by atoms with Crippen LogP contribution in [0, 0.1) is 5.92 Å². The van der Waals surface area contributed by atoms with Crippen molar-refractivity contribution in [1.82, 2.24) is 4.90 Å². The largest absolute Gasteiger partial charge is 0.496 e. The van der Waals surface area contributed by atoms with Gasteiger partial charge in [-0.15, -0.1) is 0 Å². The monoisotopic (exact) mass is 323 g/mol. The van der Waals surface area contributed by atoms with Gasteiger partial charge in [0.05, 0.1) is 7.11 Å². The fourth-order valence-electron chi connectivity index (χ4n) is 2.90. The van der Waals surface area contributed by atoms with Gasteiger partial charge >= 0.3 is 5.97 Å². The van der Waals surface area contributed by atoms with Crippen LogP contribution in [-0.2, 0) is 9.59 Å². The van der Waals surface area contributed by atoms with Crippen molar-refractivity contribution in [3.63, 3.8) is 0 Å². The topological polar surface area (TPSA) is 66.8 Å². The number of amides is 1. The van der Waals surface area contributed by atoms with E-state index in [4.69, 9.17) is 4.74 Å². The van der Waals surface area contributed by atoms with E-state index in [1.165, 1.54) is 4.90 Å². The van der Waals surface area contributed by atoms with Gasteiger partial charge in [0, 0.05) is 24.1 Å². The number of carboxylic acids is 1. The Labute approximate surface area is 135 Å². The summed E-state index contributed by atoms with van der Waals surface area (Å²) in [7, 11) is 1.59. The van der Waals surface area contributed by atoms with E-state index in [-0.39, 0.29) is 17.7 Å². The standard InChI is InChI=1S/C16H21NO4S/c1-10(9-22)15(18)17-8-11(7-13(17)16(19)20)12-5-3-4-6-14(12)21-2/h3-6,10-11,13,22H,7-9H2,1-2H3,(H,19,20)/t10?,11?,13-/m0/s1. The molecule has 1 saturated heterocycles. The summed E-state index contributed by atoms with van der Waals surface area (Å²) >= 11 is 4.14. The molecule has 1 aliphatic heterocycles. The maximum absolute atomic E-state index is 12.4. The fourth-order valence-corrected chi connectivity index (χ4v) is 3.06. The summed E-state index contributed by atoms with van der Waals surface area (Å²) in [5.74, 6) is -0.305. The zero-order chi connectivity index (χ0) is 16.3. The maximum Gasteiger partial charge on any atom is 0.326 e. The molecular formula is C16H21NO4S. The molecule has 2 rings (SSSR count). The van der Waals surface area contributed by atoms with Crippen molar-refractivity contribution in [3.05, 3.63) is 29.8 Å². The van der Waals surface area contributed by atoms with Gasteiger partial charge in [-0.05, 0) is 18.1 Å². The first-order valence-corrected chi connectivity index (χ1v) is 7.89. The molecule has 1 heterocycles. The normalized spacial score (nSPS) is 22.4. The summed E-state index contributed by atoms with van der Waals surface area (Å²) in [6, 6.07) is 6.76. The molecule has 0 spiro atoms. The quantitative estimate of drug-likeness (QED) is 0.814. The number of para-hydroxylation sites is 1. The van der Waals surface area contributed by atoms with Crippen molar-refractivity contribution in [2.24, 2.45) is 5.92 Å². The third-order valence-electron chi connectivity index (χ3n) is 4.14. The summed E-state index contributed by atoms with van der Waals surface area (Å²) < 4.78 is 5.35. The van der Waals surface area contributed by atoms with E-state index in [1.807, 2.05) is 24.3 Å². The summed E-state index contributed by atoms with van der Waals surface area (Å²) in [4.78, 5) is 25.4. The van der Waals surface area contributed by atoms with Crippen LogP contribution >= 0.6 is 12.6 Å². The van der Waals surface area contributed by atoms with Gasteiger partial charge in [-0.25, -0.2) is 4.79 Å². The Kier molecular flexibility index (Phi) is 5.34. The van der Waals surface area contributed by atoms with E-state index in [0.29, 0.717) is 18.7 Å². The molecule has 22 heavy (non-hydrogen) atoms. The number of carbonyl (C=O) groups excluding carboxylic acids is 1. The Morgan fingerprint density at radius 1 is 1.45 bits per heavy atom. The van der Waals surface area contributed by atoms with Gasteiger partial charge in [-0.1, -0.05) is 25.1 Å². The van der Waals surface area contributed by atoms with Gasteiger partial charge in [0.25, 0.3) is 0 Å². The van der Waals surface area contributed by atoms with Crippen LogP contribution in [0.3, 0.4) is 0 Å². The van der Waals surface area contributed by atoms with Crippen molar-refractivity contribution < 1.29 is 19.4 Å². The minimum absolute atomic E-state index is 0.0340. The number of carbonyl (C=O) groups is 2. The van der Waals surface area contributed by atoms with Crippen molar-refractivity contribution in [1.29, 1.82) is 0 Å². The lowest BCUT2D eigenvalue weighted by molar-refractivity contribution is -0.149. The second kappa shape index (κ2) is 7.05. The minimum atomic E-state index is -0.961. The highest BCUT2D eigenvalue weighted by Gasteiger charge is 2.41. The van der Waals surface area contributed by atoms with Crippen molar-refractivity contribution in [2.45, 2.75) is 25.3 Å². The molecule has 1 aliphatic rings. The lowest BCUT2D eigenvalue weighted by atomic mass is 9.95. The highest BCUT2D eigenvalue weighted by Crippen LogP contribution is 2.37. The Morgan fingerprint density at radius 3 is 2.73 bits per heavy atom. The fraction of sp³-hybridized carbons (Fsp3) is 0.500. The van der Waals surface area contributed by atoms with E-state index in [9.17, 15) is 14.7 Å². The first-order chi connectivity index (χ1) is 10.5. The number of likely N-dealkylation sites (tertiary alicyclic amines) is 1. The molecular weight excluding hydrogens is 302 g/mol. The molecule has 0 aliphatic carbocycles. The zero-order valence-electron chi connectivity index (χ0n) is 12.7. The first-order valence-electron chi connectivity index (χ1n) is 7.26. The zero-order valence-corrected chi connectivity index (χ0v) is 13.6. The smallest absolute Gasteiger partial charge is 0.326 e. The molecule has 1 aromatic carbocycles. The molecule has 3 atom stereocenters. The molecule has 1 fully saturated rings. The van der Waals surface area contributed by atoms with Crippen LogP contribution in [0.15, 0.2) is 24.3 Å². The number of ether oxygens (including phenoxy) is 1. The van der Waals surface area contributed by atoms with E-state index >= 15 is 0 Å². The molecule has 6 heteroatoms. The van der Waals surface area contributed by atoms with Crippen LogP contribution < -0.4 is 4.74 Å². The lowest BCUT2D eigenvalue weighted by Crippen LogP contribution is -2.43. The van der Waals surface area contributed by atoms with Gasteiger partial charge in [0.1, 0.15) is 11.8 Å². The molecule has 0 radical (unpaired) electrons. The minimum Gasteiger partial charge on any atom is -0.496 e. The number of hydrogen-bond donors (Lipinski definition) is 2. The number of carboxylic acid groups (broad SMARTS) is 1. The number of thiol groups is 1. The first kappa shape index (κ1) is 16.7. The molecule has 120 valence electrons. The predicted molar refractivity (Wildman–Crippen MR) is 86.5 cm³/mol. The second-order valence-electron chi connectivity index (χ2n) is 5.60. The molecule has 0 bridgehead atoms. The van der Waals surface area contributed by atoms with E-state index in [1.54, 1.807) is 14.0 Å². The van der Waals surface area contributed by atoms with Crippen molar-refractivity contribution in [2.75, 3.05) is 19.4 Å². The van der Waals surface area contributed by atoms with Gasteiger partial charge < -0.3 is 14.7 Å². The number of nitrogens with zero attached hydrogens (tertiary/aromatic N) is 1. The molecule has 0 saturated carbocycles. The Balaban J connectivity index is 2.27. The Bertz CT molecular complexity index is 563. The second-order valence-corrected chi connectivity index (χ2v) is 5.97. The molecule has 1 N–H and O–H groups in total. The number of benzene rings is 1. The molecule has 1 amide bonds. The van der Waals surface area contributed by atoms with E-state index < -0.39 is 12.0 Å². The number of methoxy groups -OCH3 is 1. The highest BCUT2D eigenvalue weighted by molar-refractivity contribution is 7.80. The van der Waals surface area contributed by atoms with Crippen molar-refractivity contribution >= 4 is 24.5 Å². The van der Waals surface area contributed by atoms with Crippen LogP contribution in [0.25, 0.3) is 0 Å². The Hall–Kier alpha value is -1.69. The predicted octanol–water partition coefficient (Wildman–Crippen LogP) is 2.03. The lowest BCUT2D eigenvalue weighted by Gasteiger charge is -2.24. The van der Waals surface area contributed by atoms with Crippen LogP contribution in [-0.4, -0.2) is 47.3 Å². The van der Waals surface area contributed by atoms with Gasteiger partial charge in [0.15, 0.2) is 0 Å². The third-order valence-corrected chi connectivity index (χ3v) is 4.69. The van der Waals surface area contributed by atoms with Gasteiger partial charge in [-0.2, -0.15) is 12.6 Å².